The Morgan fingerprint density at radius 2 is 2.37 bits per heavy atom. The molecule has 0 bridgehead atoms. The highest BCUT2D eigenvalue weighted by atomic mass is 79.9. The molecule has 1 N–H and O–H groups in total. The number of hydrogen-bond donors (Lipinski definition) is 1. The molecule has 2 rings (SSSR count). The molecule has 1 fully saturated rings. The average Bonchev–Trinajstić information content (AvgIpc) is 2.90. The quantitative estimate of drug-likeness (QED) is 0.839. The fourth-order valence-corrected chi connectivity index (χ4v) is 3.28. The molecule has 1 heterocycles. The maximum absolute atomic E-state index is 6.33. The predicted molar refractivity (Wildman–Crippen MR) is 83.9 cm³/mol. The van der Waals surface area contributed by atoms with Crippen molar-refractivity contribution in [2.24, 2.45) is 5.92 Å². The predicted octanol–water partition coefficient (Wildman–Crippen LogP) is 4.05. The summed E-state index contributed by atoms with van der Waals surface area (Å²) in [5.41, 5.74) is 1.21. The van der Waals surface area contributed by atoms with E-state index < -0.39 is 0 Å². The number of rotatable bonds is 6. The summed E-state index contributed by atoms with van der Waals surface area (Å²) >= 11 is 9.78. The zero-order valence-corrected chi connectivity index (χ0v) is 13.6. The third-order valence-electron chi connectivity index (χ3n) is 3.65. The number of hydrogen-bond acceptors (Lipinski definition) is 2. The van der Waals surface area contributed by atoms with Gasteiger partial charge in [0, 0.05) is 28.1 Å². The molecule has 1 aromatic carbocycles. The van der Waals surface area contributed by atoms with E-state index in [2.05, 4.69) is 40.3 Å². The van der Waals surface area contributed by atoms with Gasteiger partial charge in [0.15, 0.2) is 0 Å². The van der Waals surface area contributed by atoms with Gasteiger partial charge in [0.25, 0.3) is 0 Å². The molecular weight excluding hydrogens is 326 g/mol. The molecule has 2 atom stereocenters. The molecule has 0 saturated carbocycles. The van der Waals surface area contributed by atoms with Crippen LogP contribution in [0.4, 0.5) is 0 Å². The zero-order valence-electron chi connectivity index (χ0n) is 11.3. The van der Waals surface area contributed by atoms with Gasteiger partial charge in [-0.3, -0.25) is 0 Å². The molecule has 1 aliphatic heterocycles. The van der Waals surface area contributed by atoms with Crippen LogP contribution in [-0.4, -0.2) is 25.8 Å². The Labute approximate surface area is 129 Å². The molecule has 1 aromatic rings. The van der Waals surface area contributed by atoms with Gasteiger partial charge in [0.2, 0.25) is 0 Å². The topological polar surface area (TPSA) is 21.3 Å². The Morgan fingerprint density at radius 1 is 1.53 bits per heavy atom. The van der Waals surface area contributed by atoms with Crippen LogP contribution in [0, 0.1) is 5.92 Å². The SMILES string of the molecule is CCCNC(Cc1ccc(Br)cc1Cl)C1CCOC1. The molecule has 1 aliphatic rings. The molecule has 2 unspecified atom stereocenters. The summed E-state index contributed by atoms with van der Waals surface area (Å²) in [7, 11) is 0. The molecule has 19 heavy (non-hydrogen) atoms. The van der Waals surface area contributed by atoms with Gasteiger partial charge in [-0.15, -0.1) is 0 Å². The third-order valence-corrected chi connectivity index (χ3v) is 4.49. The Kier molecular flexibility index (Phi) is 6.14. The van der Waals surface area contributed by atoms with Gasteiger partial charge >= 0.3 is 0 Å². The minimum Gasteiger partial charge on any atom is -0.381 e. The van der Waals surface area contributed by atoms with E-state index in [1.165, 1.54) is 5.56 Å². The average molecular weight is 347 g/mol. The molecule has 0 aromatic heterocycles. The molecule has 0 aliphatic carbocycles. The second kappa shape index (κ2) is 7.63. The van der Waals surface area contributed by atoms with Crippen LogP contribution < -0.4 is 5.32 Å². The van der Waals surface area contributed by atoms with Crippen LogP contribution in [0.3, 0.4) is 0 Å². The Hall–Kier alpha value is -0.0900. The van der Waals surface area contributed by atoms with Crippen LogP contribution >= 0.6 is 27.5 Å². The minimum absolute atomic E-state index is 0.459. The number of halogens is 2. The van der Waals surface area contributed by atoms with Crippen molar-refractivity contribution in [3.05, 3.63) is 33.3 Å². The van der Waals surface area contributed by atoms with Crippen LogP contribution in [0.25, 0.3) is 0 Å². The van der Waals surface area contributed by atoms with E-state index >= 15 is 0 Å². The standard InChI is InChI=1S/C15H21BrClNO/c1-2-6-18-15(12-5-7-19-10-12)8-11-3-4-13(16)9-14(11)17/h3-4,9,12,15,18H,2,5-8,10H2,1H3. The summed E-state index contributed by atoms with van der Waals surface area (Å²) in [6.07, 6.45) is 3.27. The summed E-state index contributed by atoms with van der Waals surface area (Å²) in [6.45, 7) is 5.01. The highest BCUT2D eigenvalue weighted by Gasteiger charge is 2.25. The monoisotopic (exact) mass is 345 g/mol. The van der Waals surface area contributed by atoms with Gasteiger partial charge in [0.05, 0.1) is 6.61 Å². The maximum Gasteiger partial charge on any atom is 0.0510 e. The van der Waals surface area contributed by atoms with Gasteiger partial charge in [0.1, 0.15) is 0 Å². The van der Waals surface area contributed by atoms with Gasteiger partial charge in [-0.1, -0.05) is 40.5 Å². The van der Waals surface area contributed by atoms with Crippen molar-refractivity contribution in [1.29, 1.82) is 0 Å². The van der Waals surface area contributed by atoms with Crippen molar-refractivity contribution in [3.8, 4) is 0 Å². The normalized spacial score (nSPS) is 20.7. The van der Waals surface area contributed by atoms with Crippen LogP contribution in [-0.2, 0) is 11.2 Å². The lowest BCUT2D eigenvalue weighted by atomic mass is 9.92. The Morgan fingerprint density at radius 3 is 3.00 bits per heavy atom. The Balaban J connectivity index is 2.05. The molecule has 4 heteroatoms. The summed E-state index contributed by atoms with van der Waals surface area (Å²) in [5, 5.41) is 4.50. The van der Waals surface area contributed by atoms with E-state index in [9.17, 15) is 0 Å². The van der Waals surface area contributed by atoms with E-state index in [-0.39, 0.29) is 0 Å². The molecule has 0 spiro atoms. The van der Waals surface area contributed by atoms with Crippen LogP contribution in [0.1, 0.15) is 25.3 Å². The van der Waals surface area contributed by atoms with Crippen molar-refractivity contribution in [1.82, 2.24) is 5.32 Å². The lowest BCUT2D eigenvalue weighted by Crippen LogP contribution is -2.39. The molecular formula is C15H21BrClNO. The first-order chi connectivity index (χ1) is 9.20. The van der Waals surface area contributed by atoms with Gasteiger partial charge in [-0.05, 0) is 43.5 Å². The number of ether oxygens (including phenoxy) is 1. The molecule has 1 saturated heterocycles. The molecule has 2 nitrogen and oxygen atoms in total. The van der Waals surface area contributed by atoms with Crippen molar-refractivity contribution in [2.75, 3.05) is 19.8 Å². The van der Waals surface area contributed by atoms with Crippen LogP contribution in [0.5, 0.6) is 0 Å². The van der Waals surface area contributed by atoms with Crippen molar-refractivity contribution < 1.29 is 4.74 Å². The zero-order chi connectivity index (χ0) is 13.7. The molecule has 106 valence electrons. The Bertz CT molecular complexity index is 407. The first-order valence-corrected chi connectivity index (χ1v) is 8.13. The van der Waals surface area contributed by atoms with Gasteiger partial charge in [-0.2, -0.15) is 0 Å². The molecule has 0 amide bonds. The molecule has 0 radical (unpaired) electrons. The van der Waals surface area contributed by atoms with Gasteiger partial charge in [-0.25, -0.2) is 0 Å². The van der Waals surface area contributed by atoms with Crippen LogP contribution in [0.15, 0.2) is 22.7 Å². The number of nitrogens with one attached hydrogen (secondary N) is 1. The van der Waals surface area contributed by atoms with E-state index in [4.69, 9.17) is 16.3 Å². The first kappa shape index (κ1) is 15.3. The second-order valence-electron chi connectivity index (χ2n) is 5.12. The van der Waals surface area contributed by atoms with Gasteiger partial charge < -0.3 is 10.1 Å². The fourth-order valence-electron chi connectivity index (χ4n) is 2.53. The lowest BCUT2D eigenvalue weighted by molar-refractivity contribution is 0.176. The third kappa shape index (κ3) is 4.45. The first-order valence-electron chi connectivity index (χ1n) is 6.95. The number of benzene rings is 1. The van der Waals surface area contributed by atoms with Crippen LogP contribution in [0.2, 0.25) is 5.02 Å². The van der Waals surface area contributed by atoms with E-state index in [1.54, 1.807) is 0 Å². The van der Waals surface area contributed by atoms with Crippen molar-refractivity contribution in [2.45, 2.75) is 32.2 Å². The smallest absolute Gasteiger partial charge is 0.0510 e. The summed E-state index contributed by atoms with van der Waals surface area (Å²) in [6, 6.07) is 6.60. The maximum atomic E-state index is 6.33. The summed E-state index contributed by atoms with van der Waals surface area (Å²) < 4.78 is 6.56. The van der Waals surface area contributed by atoms with Crippen molar-refractivity contribution >= 4 is 27.5 Å². The summed E-state index contributed by atoms with van der Waals surface area (Å²) in [4.78, 5) is 0. The highest BCUT2D eigenvalue weighted by molar-refractivity contribution is 9.10. The largest absolute Gasteiger partial charge is 0.381 e. The summed E-state index contributed by atoms with van der Waals surface area (Å²) in [5.74, 6) is 0.603. The minimum atomic E-state index is 0.459. The lowest BCUT2D eigenvalue weighted by Gasteiger charge is -2.24. The second-order valence-corrected chi connectivity index (χ2v) is 6.45. The van der Waals surface area contributed by atoms with E-state index in [0.29, 0.717) is 12.0 Å². The van der Waals surface area contributed by atoms with E-state index in [1.807, 2.05) is 6.07 Å². The fraction of sp³-hybridized carbons (Fsp3) is 0.600. The highest BCUT2D eigenvalue weighted by Crippen LogP contribution is 2.26. The van der Waals surface area contributed by atoms with Crippen molar-refractivity contribution in [3.63, 3.8) is 0 Å². The van der Waals surface area contributed by atoms with E-state index in [0.717, 1.165) is 48.5 Å².